The Morgan fingerprint density at radius 3 is 2.28 bits per heavy atom. The SMILES string of the molecule is Nc1nc2c(c(-c3ccc(F)cc3)n1)-c1cc(S(=O)(=O)N3CCOCC3)c(Cl)cc1CC2.O=C(O)C(F)(F)F. The molecule has 0 atom stereocenters. The van der Waals surface area contributed by atoms with Crippen molar-refractivity contribution < 1.29 is 40.6 Å². The molecular weight excluding hydrogens is 568 g/mol. The highest BCUT2D eigenvalue weighted by molar-refractivity contribution is 7.89. The van der Waals surface area contributed by atoms with Crippen LogP contribution in [-0.2, 0) is 32.4 Å². The first kappa shape index (κ1) is 28.7. The highest BCUT2D eigenvalue weighted by Crippen LogP contribution is 2.42. The lowest BCUT2D eigenvalue weighted by atomic mass is 9.86. The van der Waals surface area contributed by atoms with Crippen LogP contribution in [0.2, 0.25) is 5.02 Å². The summed E-state index contributed by atoms with van der Waals surface area (Å²) in [5, 5.41) is 7.30. The second kappa shape index (κ2) is 11.0. The van der Waals surface area contributed by atoms with Crippen LogP contribution in [0.25, 0.3) is 22.4 Å². The van der Waals surface area contributed by atoms with E-state index < -0.39 is 22.2 Å². The van der Waals surface area contributed by atoms with Gasteiger partial charge in [-0.3, -0.25) is 0 Å². The number of benzene rings is 2. The summed E-state index contributed by atoms with van der Waals surface area (Å²) in [6, 6.07) is 9.24. The van der Waals surface area contributed by atoms with E-state index in [-0.39, 0.29) is 34.8 Å². The van der Waals surface area contributed by atoms with Gasteiger partial charge in [0.2, 0.25) is 16.0 Å². The standard InChI is InChI=1S/C22H20ClFN4O3S.C2HF3O2/c23-17-11-14-3-6-18-20(21(27-22(25)26-18)13-1-4-15(24)5-2-13)16(14)12-19(17)32(29,30)28-7-9-31-10-8-28;3-2(4,5)1(6)7/h1-2,4-5,11-12H,3,6-10H2,(H2,25,26,27);(H,6,7). The molecule has 1 aliphatic heterocycles. The van der Waals surface area contributed by atoms with Crippen LogP contribution in [0.3, 0.4) is 0 Å². The summed E-state index contributed by atoms with van der Waals surface area (Å²) in [7, 11) is -3.81. The number of alkyl halides is 3. The van der Waals surface area contributed by atoms with Crippen LogP contribution < -0.4 is 5.73 Å². The monoisotopic (exact) mass is 588 g/mol. The zero-order valence-corrected chi connectivity index (χ0v) is 21.6. The Labute approximate surface area is 225 Å². The molecule has 3 aromatic rings. The predicted octanol–water partition coefficient (Wildman–Crippen LogP) is 3.94. The van der Waals surface area contributed by atoms with Crippen molar-refractivity contribution in [2.24, 2.45) is 0 Å². The van der Waals surface area contributed by atoms with Crippen molar-refractivity contribution in [2.45, 2.75) is 23.9 Å². The number of ether oxygens (including phenoxy) is 1. The number of hydrogen-bond acceptors (Lipinski definition) is 7. The van der Waals surface area contributed by atoms with Gasteiger partial charge >= 0.3 is 12.1 Å². The van der Waals surface area contributed by atoms with Crippen LogP contribution >= 0.6 is 11.6 Å². The average molecular weight is 589 g/mol. The first-order chi connectivity index (χ1) is 18.3. The minimum absolute atomic E-state index is 0.0366. The van der Waals surface area contributed by atoms with E-state index >= 15 is 0 Å². The van der Waals surface area contributed by atoms with Crippen molar-refractivity contribution in [3.63, 3.8) is 0 Å². The Morgan fingerprint density at radius 1 is 1.08 bits per heavy atom. The molecule has 3 N–H and O–H groups in total. The topological polar surface area (TPSA) is 136 Å². The number of aliphatic carboxylic acids is 1. The van der Waals surface area contributed by atoms with Crippen molar-refractivity contribution in [3.8, 4) is 22.4 Å². The van der Waals surface area contributed by atoms with E-state index in [4.69, 9.17) is 32.0 Å². The van der Waals surface area contributed by atoms with Crippen LogP contribution in [0.5, 0.6) is 0 Å². The lowest BCUT2D eigenvalue weighted by molar-refractivity contribution is -0.192. The van der Waals surface area contributed by atoms with Crippen molar-refractivity contribution in [1.29, 1.82) is 0 Å². The number of carboxylic acids is 1. The predicted molar refractivity (Wildman–Crippen MR) is 133 cm³/mol. The van der Waals surface area contributed by atoms with Gasteiger partial charge in [-0.15, -0.1) is 0 Å². The molecule has 0 spiro atoms. The minimum Gasteiger partial charge on any atom is -0.475 e. The lowest BCUT2D eigenvalue weighted by Crippen LogP contribution is -2.40. The van der Waals surface area contributed by atoms with E-state index in [1.165, 1.54) is 16.4 Å². The molecule has 15 heteroatoms. The molecule has 0 bridgehead atoms. The van der Waals surface area contributed by atoms with Gasteiger partial charge < -0.3 is 15.6 Å². The molecule has 5 rings (SSSR count). The van der Waals surface area contributed by atoms with Gasteiger partial charge in [0.25, 0.3) is 0 Å². The van der Waals surface area contributed by atoms with Crippen molar-refractivity contribution in [2.75, 3.05) is 32.0 Å². The third-order valence-corrected chi connectivity index (χ3v) is 8.37. The number of nitrogen functional groups attached to an aromatic ring is 1. The molecule has 208 valence electrons. The normalized spacial score (nSPS) is 15.5. The van der Waals surface area contributed by atoms with Crippen LogP contribution in [0.4, 0.5) is 23.5 Å². The first-order valence-corrected chi connectivity index (χ1v) is 13.2. The van der Waals surface area contributed by atoms with Crippen molar-refractivity contribution >= 4 is 33.5 Å². The number of rotatable bonds is 3. The van der Waals surface area contributed by atoms with Gasteiger partial charge in [0.1, 0.15) is 10.7 Å². The fraction of sp³-hybridized carbons (Fsp3) is 0.292. The number of carbonyl (C=O) groups is 1. The zero-order chi connectivity index (χ0) is 28.5. The Kier molecular flexibility index (Phi) is 8.12. The van der Waals surface area contributed by atoms with E-state index in [9.17, 15) is 26.0 Å². The highest BCUT2D eigenvalue weighted by Gasteiger charge is 2.38. The maximum atomic E-state index is 13.5. The van der Waals surface area contributed by atoms with Crippen molar-refractivity contribution in [3.05, 3.63) is 58.5 Å². The quantitative estimate of drug-likeness (QED) is 0.439. The Morgan fingerprint density at radius 2 is 1.69 bits per heavy atom. The molecule has 1 aliphatic carbocycles. The molecule has 2 heterocycles. The summed E-state index contributed by atoms with van der Waals surface area (Å²) >= 11 is 6.46. The molecule has 2 aromatic carbocycles. The first-order valence-electron chi connectivity index (χ1n) is 11.4. The van der Waals surface area contributed by atoms with Crippen LogP contribution in [0, 0.1) is 5.82 Å². The van der Waals surface area contributed by atoms with E-state index in [0.29, 0.717) is 48.4 Å². The summed E-state index contributed by atoms with van der Waals surface area (Å²) in [5.74, 6) is -3.01. The average Bonchev–Trinajstić information content (AvgIpc) is 2.88. The molecule has 0 saturated carbocycles. The molecular formula is C24H21ClF4N4O5S. The molecule has 1 fully saturated rings. The Hall–Kier alpha value is -3.33. The van der Waals surface area contributed by atoms with E-state index in [0.717, 1.165) is 11.3 Å². The minimum atomic E-state index is -5.08. The van der Waals surface area contributed by atoms with Gasteiger partial charge in [-0.1, -0.05) is 11.6 Å². The molecule has 1 aromatic heterocycles. The maximum absolute atomic E-state index is 13.5. The number of carboxylic acid groups (broad SMARTS) is 1. The number of morpholine rings is 1. The van der Waals surface area contributed by atoms with Crippen LogP contribution in [-0.4, -0.2) is 66.2 Å². The fourth-order valence-corrected chi connectivity index (χ4v) is 6.18. The number of aryl methyl sites for hydroxylation is 2. The van der Waals surface area contributed by atoms with E-state index in [1.807, 2.05) is 0 Å². The van der Waals surface area contributed by atoms with Crippen LogP contribution in [0.1, 0.15) is 11.3 Å². The fourth-order valence-electron chi connectivity index (χ4n) is 4.22. The summed E-state index contributed by atoms with van der Waals surface area (Å²) in [6.07, 6.45) is -3.84. The summed E-state index contributed by atoms with van der Waals surface area (Å²) < 4.78 is 78.6. The second-order valence-corrected chi connectivity index (χ2v) is 10.8. The number of aromatic nitrogens is 2. The zero-order valence-electron chi connectivity index (χ0n) is 20.0. The van der Waals surface area contributed by atoms with Gasteiger partial charge in [-0.2, -0.15) is 17.5 Å². The summed E-state index contributed by atoms with van der Waals surface area (Å²) in [6.45, 7) is 1.22. The second-order valence-electron chi connectivity index (χ2n) is 8.52. The van der Waals surface area contributed by atoms with Gasteiger partial charge in [-0.05, 0) is 60.4 Å². The van der Waals surface area contributed by atoms with Gasteiger partial charge in [0.15, 0.2) is 0 Å². The summed E-state index contributed by atoms with van der Waals surface area (Å²) in [4.78, 5) is 17.8. The van der Waals surface area contributed by atoms with E-state index in [1.54, 1.807) is 24.3 Å². The third kappa shape index (κ3) is 6.13. The molecule has 0 amide bonds. The molecule has 0 unspecified atom stereocenters. The summed E-state index contributed by atoms with van der Waals surface area (Å²) in [5.41, 5.74) is 10.2. The maximum Gasteiger partial charge on any atom is 0.490 e. The molecule has 0 radical (unpaired) electrons. The Balaban J connectivity index is 0.000000448. The van der Waals surface area contributed by atoms with Crippen molar-refractivity contribution in [1.82, 2.24) is 14.3 Å². The van der Waals surface area contributed by atoms with Gasteiger partial charge in [-0.25, -0.2) is 27.6 Å². The van der Waals surface area contributed by atoms with Gasteiger partial charge in [0.05, 0.1) is 29.6 Å². The lowest BCUT2D eigenvalue weighted by Gasteiger charge is -2.28. The molecule has 1 saturated heterocycles. The third-order valence-electron chi connectivity index (χ3n) is 6.01. The number of anilines is 1. The molecule has 2 aliphatic rings. The number of halogens is 5. The van der Waals surface area contributed by atoms with Gasteiger partial charge in [0, 0.05) is 24.2 Å². The smallest absolute Gasteiger partial charge is 0.475 e. The number of nitrogens with two attached hydrogens (primary N) is 1. The number of fused-ring (bicyclic) bond motifs is 3. The number of hydrogen-bond donors (Lipinski definition) is 2. The highest BCUT2D eigenvalue weighted by atomic mass is 35.5. The number of sulfonamides is 1. The largest absolute Gasteiger partial charge is 0.490 e. The van der Waals surface area contributed by atoms with Crippen LogP contribution in [0.15, 0.2) is 41.3 Å². The Bertz CT molecular complexity index is 1510. The molecule has 39 heavy (non-hydrogen) atoms. The molecule has 9 nitrogen and oxygen atoms in total. The van der Waals surface area contributed by atoms with E-state index in [2.05, 4.69) is 9.97 Å². The number of nitrogens with zero attached hydrogens (tertiary/aromatic N) is 3.